The van der Waals surface area contributed by atoms with Crippen LogP contribution in [0.25, 0.3) is 10.4 Å². The second kappa shape index (κ2) is 6.41. The van der Waals surface area contributed by atoms with Gasteiger partial charge in [-0.15, -0.1) is 0 Å². The average Bonchev–Trinajstić information content (AvgIpc) is 2.49. The number of esters is 1. The van der Waals surface area contributed by atoms with E-state index < -0.39 is 11.4 Å². The molecule has 0 N–H and O–H groups in total. The van der Waals surface area contributed by atoms with Crippen LogP contribution in [0.4, 0.5) is 5.69 Å². The van der Waals surface area contributed by atoms with Gasteiger partial charge in [0.15, 0.2) is 11.2 Å². The van der Waals surface area contributed by atoms with Crippen LogP contribution in [-0.4, -0.2) is 18.4 Å². The van der Waals surface area contributed by atoms with E-state index in [2.05, 4.69) is 10.0 Å². The van der Waals surface area contributed by atoms with E-state index in [-0.39, 0.29) is 12.4 Å². The summed E-state index contributed by atoms with van der Waals surface area (Å²) in [6, 6.07) is 6.72. The maximum absolute atomic E-state index is 12.6. The Hall–Kier alpha value is -2.33. The number of Topliss-reactive ketones (excluding diaryl/α,β-unsaturated/α-hetero) is 1. The van der Waals surface area contributed by atoms with Crippen molar-refractivity contribution in [1.82, 2.24) is 0 Å². The molecule has 0 aliphatic heterocycles. The molecule has 1 fully saturated rings. The summed E-state index contributed by atoms with van der Waals surface area (Å²) in [6.45, 7) is 1.91. The molecule has 0 radical (unpaired) electrons. The SMILES string of the molecule is CCOC(=O)C1(c2ccccc2N=[N+]=[N-])CCCCC1=O. The van der Waals surface area contributed by atoms with E-state index in [1.54, 1.807) is 31.2 Å². The number of carbonyl (C=O) groups is 2. The van der Waals surface area contributed by atoms with Gasteiger partial charge in [0, 0.05) is 17.0 Å². The van der Waals surface area contributed by atoms with Crippen molar-refractivity contribution in [3.05, 3.63) is 40.3 Å². The molecule has 2 rings (SSSR count). The van der Waals surface area contributed by atoms with Gasteiger partial charge < -0.3 is 4.74 Å². The first-order chi connectivity index (χ1) is 10.2. The number of rotatable bonds is 4. The standard InChI is InChI=1S/C15H17N3O3/c1-2-21-14(20)15(10-6-5-9-13(15)19)11-7-3-4-8-12(11)17-18-16/h3-4,7-8H,2,5-6,9-10H2,1H3. The van der Waals surface area contributed by atoms with E-state index >= 15 is 0 Å². The number of azide groups is 1. The molecular formula is C15H17N3O3. The van der Waals surface area contributed by atoms with E-state index in [0.29, 0.717) is 24.1 Å². The van der Waals surface area contributed by atoms with Gasteiger partial charge in [0.1, 0.15) is 0 Å². The van der Waals surface area contributed by atoms with Crippen molar-refractivity contribution < 1.29 is 14.3 Å². The summed E-state index contributed by atoms with van der Waals surface area (Å²) in [5.74, 6) is -0.705. The number of ether oxygens (including phenoxy) is 1. The number of carbonyl (C=O) groups excluding carboxylic acids is 2. The molecule has 1 aliphatic carbocycles. The Balaban J connectivity index is 2.62. The number of hydrogen-bond acceptors (Lipinski definition) is 4. The minimum Gasteiger partial charge on any atom is -0.465 e. The molecule has 6 nitrogen and oxygen atoms in total. The van der Waals surface area contributed by atoms with Crippen LogP contribution in [-0.2, 0) is 19.7 Å². The molecule has 1 aromatic carbocycles. The van der Waals surface area contributed by atoms with Gasteiger partial charge in [0.2, 0.25) is 0 Å². The molecule has 1 unspecified atom stereocenters. The van der Waals surface area contributed by atoms with Crippen LogP contribution in [0.5, 0.6) is 0 Å². The topological polar surface area (TPSA) is 92.1 Å². The highest BCUT2D eigenvalue weighted by Crippen LogP contribution is 2.42. The summed E-state index contributed by atoms with van der Waals surface area (Å²) in [7, 11) is 0. The molecule has 1 aliphatic rings. The third-order valence-corrected chi connectivity index (χ3v) is 3.82. The van der Waals surface area contributed by atoms with E-state index in [9.17, 15) is 9.59 Å². The van der Waals surface area contributed by atoms with Crippen LogP contribution in [0.2, 0.25) is 0 Å². The molecule has 0 bridgehead atoms. The number of nitrogens with zero attached hydrogens (tertiary/aromatic N) is 3. The normalized spacial score (nSPS) is 21.5. The van der Waals surface area contributed by atoms with Gasteiger partial charge in [-0.1, -0.05) is 35.8 Å². The fraction of sp³-hybridized carbons (Fsp3) is 0.467. The zero-order valence-corrected chi connectivity index (χ0v) is 11.9. The maximum Gasteiger partial charge on any atom is 0.324 e. The molecule has 1 saturated carbocycles. The lowest BCUT2D eigenvalue weighted by atomic mass is 9.68. The highest BCUT2D eigenvalue weighted by atomic mass is 16.5. The predicted octanol–water partition coefficient (Wildman–Crippen LogP) is 3.57. The van der Waals surface area contributed by atoms with Crippen molar-refractivity contribution in [2.24, 2.45) is 5.11 Å². The molecule has 0 saturated heterocycles. The lowest BCUT2D eigenvalue weighted by Crippen LogP contribution is -2.47. The summed E-state index contributed by atoms with van der Waals surface area (Å²) in [5.41, 5.74) is 8.12. The second-order valence-corrected chi connectivity index (χ2v) is 4.96. The van der Waals surface area contributed by atoms with Crippen molar-refractivity contribution in [3.63, 3.8) is 0 Å². The van der Waals surface area contributed by atoms with Crippen LogP contribution < -0.4 is 0 Å². The predicted molar refractivity (Wildman–Crippen MR) is 77.0 cm³/mol. The molecular weight excluding hydrogens is 270 g/mol. The molecule has 1 atom stereocenters. The number of benzene rings is 1. The summed E-state index contributed by atoms with van der Waals surface area (Å²) < 4.78 is 5.15. The molecule has 110 valence electrons. The third-order valence-electron chi connectivity index (χ3n) is 3.82. The molecule has 1 aromatic rings. The molecule has 0 spiro atoms. The van der Waals surface area contributed by atoms with Crippen LogP contribution >= 0.6 is 0 Å². The summed E-state index contributed by atoms with van der Waals surface area (Å²) in [6.07, 6.45) is 2.25. The maximum atomic E-state index is 12.6. The number of hydrogen-bond donors (Lipinski definition) is 0. The van der Waals surface area contributed by atoms with Crippen molar-refractivity contribution >= 4 is 17.4 Å². The number of ketones is 1. The highest BCUT2D eigenvalue weighted by Gasteiger charge is 2.50. The third kappa shape index (κ3) is 2.62. The summed E-state index contributed by atoms with van der Waals surface area (Å²) in [4.78, 5) is 27.8. The first-order valence-corrected chi connectivity index (χ1v) is 7.02. The van der Waals surface area contributed by atoms with Gasteiger partial charge in [0.25, 0.3) is 0 Å². The quantitative estimate of drug-likeness (QED) is 0.278. The van der Waals surface area contributed by atoms with E-state index in [0.717, 1.165) is 12.8 Å². The average molecular weight is 287 g/mol. The summed E-state index contributed by atoms with van der Waals surface area (Å²) >= 11 is 0. The Bertz CT molecular complexity index is 608. The fourth-order valence-corrected chi connectivity index (χ4v) is 2.86. The van der Waals surface area contributed by atoms with Gasteiger partial charge in [-0.05, 0) is 30.9 Å². The second-order valence-electron chi connectivity index (χ2n) is 4.96. The van der Waals surface area contributed by atoms with Gasteiger partial charge in [-0.2, -0.15) is 0 Å². The lowest BCUT2D eigenvalue weighted by Gasteiger charge is -2.34. The van der Waals surface area contributed by atoms with Crippen LogP contribution in [0.15, 0.2) is 29.4 Å². The van der Waals surface area contributed by atoms with Crippen molar-refractivity contribution in [1.29, 1.82) is 0 Å². The minimum absolute atomic E-state index is 0.159. The highest BCUT2D eigenvalue weighted by molar-refractivity contribution is 6.11. The van der Waals surface area contributed by atoms with Crippen LogP contribution in [0.1, 0.15) is 38.2 Å². The van der Waals surface area contributed by atoms with E-state index in [1.165, 1.54) is 0 Å². The van der Waals surface area contributed by atoms with Gasteiger partial charge in [-0.25, -0.2) is 0 Å². The molecule has 21 heavy (non-hydrogen) atoms. The largest absolute Gasteiger partial charge is 0.465 e. The minimum atomic E-state index is -1.33. The Labute approximate surface area is 122 Å². The molecule has 0 amide bonds. The molecule has 0 heterocycles. The zero-order valence-electron chi connectivity index (χ0n) is 11.9. The van der Waals surface area contributed by atoms with Crippen molar-refractivity contribution in [3.8, 4) is 0 Å². The Morgan fingerprint density at radius 1 is 1.43 bits per heavy atom. The molecule has 6 heteroatoms. The zero-order chi connectivity index (χ0) is 15.3. The van der Waals surface area contributed by atoms with Crippen LogP contribution in [0, 0.1) is 0 Å². The van der Waals surface area contributed by atoms with Gasteiger partial charge in [0.05, 0.1) is 6.61 Å². The Morgan fingerprint density at radius 3 is 2.86 bits per heavy atom. The van der Waals surface area contributed by atoms with Crippen LogP contribution in [0.3, 0.4) is 0 Å². The lowest BCUT2D eigenvalue weighted by molar-refractivity contribution is -0.155. The Kier molecular flexibility index (Phi) is 4.60. The van der Waals surface area contributed by atoms with Gasteiger partial charge >= 0.3 is 5.97 Å². The first-order valence-electron chi connectivity index (χ1n) is 7.02. The van der Waals surface area contributed by atoms with E-state index in [4.69, 9.17) is 10.3 Å². The summed E-state index contributed by atoms with van der Waals surface area (Å²) in [5, 5.41) is 3.62. The Morgan fingerprint density at radius 2 is 2.19 bits per heavy atom. The smallest absolute Gasteiger partial charge is 0.324 e. The monoisotopic (exact) mass is 287 g/mol. The fourth-order valence-electron chi connectivity index (χ4n) is 2.86. The first kappa shape index (κ1) is 15.1. The van der Waals surface area contributed by atoms with Crippen molar-refractivity contribution in [2.45, 2.75) is 38.0 Å². The molecule has 0 aromatic heterocycles. The van der Waals surface area contributed by atoms with Crippen molar-refractivity contribution in [2.75, 3.05) is 6.61 Å². The van der Waals surface area contributed by atoms with E-state index in [1.807, 2.05) is 0 Å². The van der Waals surface area contributed by atoms with Gasteiger partial charge in [-0.3, -0.25) is 9.59 Å².